The summed E-state index contributed by atoms with van der Waals surface area (Å²) in [7, 11) is 0. The van der Waals surface area contributed by atoms with Gasteiger partial charge in [-0.05, 0) is 31.4 Å². The molecular weight excluding hydrogens is 544 g/mol. The van der Waals surface area contributed by atoms with Crippen LogP contribution in [0, 0.1) is 23.3 Å². The second kappa shape index (κ2) is 13.1. The van der Waals surface area contributed by atoms with Crippen LogP contribution in [-0.4, -0.2) is 64.0 Å². The molecule has 216 valence electrons. The number of nitrogens with zero attached hydrogens (tertiary/aromatic N) is 2. The van der Waals surface area contributed by atoms with Gasteiger partial charge in [0.05, 0.1) is 6.42 Å². The Morgan fingerprint density at radius 3 is 2.27 bits per heavy atom. The van der Waals surface area contributed by atoms with Gasteiger partial charge in [-0.25, -0.2) is 13.6 Å². The summed E-state index contributed by atoms with van der Waals surface area (Å²) in [6.45, 7) is 1.35. The topological polar surface area (TPSA) is 147 Å². The fourth-order valence-electron chi connectivity index (χ4n) is 4.08. The molecule has 15 heteroatoms. The number of aliphatic carboxylic acids is 1. The molecule has 0 saturated carbocycles. The zero-order valence-corrected chi connectivity index (χ0v) is 21.2. The lowest BCUT2D eigenvalue weighted by atomic mass is 10.1. The Hall–Kier alpha value is -4.43. The Morgan fingerprint density at radius 1 is 1.07 bits per heavy atom. The number of Topliss-reactive ketones (excluding diaryl/α,β-unsaturated/α-hetero) is 1. The molecule has 0 aliphatic carbocycles. The van der Waals surface area contributed by atoms with Crippen molar-refractivity contribution in [2.45, 2.75) is 44.7 Å². The summed E-state index contributed by atoms with van der Waals surface area (Å²) >= 11 is 0. The highest BCUT2D eigenvalue weighted by molar-refractivity contribution is 5.94. The summed E-state index contributed by atoms with van der Waals surface area (Å²) in [5, 5.41) is 13.9. The lowest BCUT2D eigenvalue weighted by Crippen LogP contribution is -2.48. The molecule has 1 aromatic heterocycles. The molecule has 2 heterocycles. The molecule has 1 fully saturated rings. The molecule has 11 nitrogen and oxygen atoms in total. The largest absolute Gasteiger partial charge is 0.481 e. The normalized spacial score (nSPS) is 14.4. The van der Waals surface area contributed by atoms with Crippen molar-refractivity contribution in [1.82, 2.24) is 14.8 Å². The quantitative estimate of drug-likeness (QED) is 0.278. The molecular formula is C25H26F4N4O7. The number of amides is 3. The molecule has 0 bridgehead atoms. The third kappa shape index (κ3) is 6.95. The van der Waals surface area contributed by atoms with E-state index in [0.29, 0.717) is 13.1 Å². The average molecular weight is 570 g/mol. The second-order valence-electron chi connectivity index (χ2n) is 8.89. The van der Waals surface area contributed by atoms with Gasteiger partial charge in [-0.2, -0.15) is 8.78 Å². The molecule has 2 aromatic rings. The number of hydrogen-bond donors (Lipinski definition) is 3. The molecule has 3 amide bonds. The first kappa shape index (κ1) is 30.1. The van der Waals surface area contributed by atoms with Crippen molar-refractivity contribution in [3.8, 4) is 5.75 Å². The monoisotopic (exact) mass is 570 g/mol. The number of anilines is 1. The maximum absolute atomic E-state index is 13.8. The molecule has 1 aliphatic rings. The maximum Gasteiger partial charge on any atom is 0.321 e. The number of urea groups is 1. The highest BCUT2D eigenvalue weighted by Gasteiger charge is 2.30. The lowest BCUT2D eigenvalue weighted by molar-refractivity contribution is -0.140. The number of carbonyl (C=O) groups is 4. The predicted octanol–water partition coefficient (Wildman–Crippen LogP) is 2.59. The number of ether oxygens (including phenoxy) is 1. The molecule has 1 aliphatic heterocycles. The first-order chi connectivity index (χ1) is 18.9. The van der Waals surface area contributed by atoms with Crippen molar-refractivity contribution in [3.63, 3.8) is 0 Å². The highest BCUT2D eigenvalue weighted by Crippen LogP contribution is 2.26. The SMILES string of the molecule is CCC(C(=O)N[C@@H](CC(=O)O)C(=O)COc1c(F)c(F)cc(F)c1F)n1cccc(NC(=O)N2CCCC2)c1=O. The number of carboxylic acid groups (broad SMARTS) is 1. The summed E-state index contributed by atoms with van der Waals surface area (Å²) in [4.78, 5) is 64.0. The molecule has 0 spiro atoms. The molecule has 1 aromatic carbocycles. The van der Waals surface area contributed by atoms with E-state index in [9.17, 15) is 46.6 Å². The van der Waals surface area contributed by atoms with Crippen LogP contribution in [0.4, 0.5) is 28.0 Å². The van der Waals surface area contributed by atoms with Crippen molar-refractivity contribution in [2.75, 3.05) is 25.0 Å². The number of carbonyl (C=O) groups excluding carboxylic acids is 3. The molecule has 0 radical (unpaired) electrons. The van der Waals surface area contributed by atoms with E-state index in [2.05, 4.69) is 15.4 Å². The third-order valence-electron chi connectivity index (χ3n) is 6.15. The summed E-state index contributed by atoms with van der Waals surface area (Å²) in [6, 6.07) is -0.842. The van der Waals surface area contributed by atoms with E-state index in [1.165, 1.54) is 30.2 Å². The van der Waals surface area contributed by atoms with E-state index >= 15 is 0 Å². The number of nitrogens with one attached hydrogen (secondary N) is 2. The average Bonchev–Trinajstić information content (AvgIpc) is 3.44. The first-order valence-electron chi connectivity index (χ1n) is 12.2. The number of ketones is 1. The van der Waals surface area contributed by atoms with Gasteiger partial charge in [0.2, 0.25) is 17.5 Å². The number of hydrogen-bond acceptors (Lipinski definition) is 6. The second-order valence-corrected chi connectivity index (χ2v) is 8.89. The zero-order valence-electron chi connectivity index (χ0n) is 21.2. The van der Waals surface area contributed by atoms with Crippen LogP contribution in [0.25, 0.3) is 0 Å². The van der Waals surface area contributed by atoms with Crippen LogP contribution in [0.2, 0.25) is 0 Å². The number of halogens is 4. The van der Waals surface area contributed by atoms with Crippen LogP contribution in [0.1, 0.15) is 38.6 Å². The zero-order chi connectivity index (χ0) is 29.6. The third-order valence-corrected chi connectivity index (χ3v) is 6.15. The first-order valence-corrected chi connectivity index (χ1v) is 12.2. The van der Waals surface area contributed by atoms with Crippen molar-refractivity contribution in [3.05, 3.63) is 58.0 Å². The lowest BCUT2D eigenvalue weighted by Gasteiger charge is -2.23. The van der Waals surface area contributed by atoms with Crippen LogP contribution in [0.3, 0.4) is 0 Å². The van der Waals surface area contributed by atoms with Gasteiger partial charge in [0.15, 0.2) is 23.2 Å². The summed E-state index contributed by atoms with van der Waals surface area (Å²) in [6.07, 6.45) is 1.94. The van der Waals surface area contributed by atoms with E-state index in [-0.39, 0.29) is 18.2 Å². The Kier molecular flexibility index (Phi) is 9.85. The van der Waals surface area contributed by atoms with Crippen molar-refractivity contribution in [2.24, 2.45) is 0 Å². The molecule has 1 saturated heterocycles. The highest BCUT2D eigenvalue weighted by atomic mass is 19.2. The number of carboxylic acids is 1. The van der Waals surface area contributed by atoms with Crippen molar-refractivity contribution in [1.29, 1.82) is 0 Å². The standard InChI is InChI=1S/C25H26F4N4O7/c1-2-17(33-9-5-6-15(24(33)38)31-25(39)32-7-3-4-8-32)23(37)30-16(11-19(35)36)18(34)12-40-22-20(28)13(26)10-14(27)21(22)29/h5-6,9-10,16-17H,2-4,7-8,11-12H2,1H3,(H,30,37)(H,31,39)(H,35,36)/t16-,17?/m0/s1. The Labute approximate surface area is 224 Å². The van der Waals surface area contributed by atoms with Gasteiger partial charge in [-0.1, -0.05) is 6.92 Å². The van der Waals surface area contributed by atoms with Crippen LogP contribution in [0.15, 0.2) is 29.2 Å². The number of benzene rings is 1. The fourth-order valence-corrected chi connectivity index (χ4v) is 4.08. The van der Waals surface area contributed by atoms with Crippen molar-refractivity contribution >= 4 is 29.4 Å². The van der Waals surface area contributed by atoms with E-state index < -0.39 is 83.4 Å². The number of aromatic nitrogens is 1. The van der Waals surface area contributed by atoms with Gasteiger partial charge >= 0.3 is 12.0 Å². The molecule has 3 N–H and O–H groups in total. The van der Waals surface area contributed by atoms with Crippen LogP contribution >= 0.6 is 0 Å². The number of rotatable bonds is 11. The van der Waals surface area contributed by atoms with E-state index in [0.717, 1.165) is 17.4 Å². The molecule has 3 rings (SSSR count). The predicted molar refractivity (Wildman–Crippen MR) is 131 cm³/mol. The Balaban J connectivity index is 1.77. The minimum absolute atomic E-state index is 0.00125. The molecule has 1 unspecified atom stereocenters. The minimum atomic E-state index is -1.91. The molecule has 40 heavy (non-hydrogen) atoms. The summed E-state index contributed by atoms with van der Waals surface area (Å²) in [5.41, 5.74) is -0.843. The fraction of sp³-hybridized carbons (Fsp3) is 0.400. The Morgan fingerprint density at radius 2 is 1.70 bits per heavy atom. The van der Waals surface area contributed by atoms with Crippen LogP contribution in [-0.2, 0) is 14.4 Å². The summed E-state index contributed by atoms with van der Waals surface area (Å²) in [5.74, 6) is -12.6. The van der Waals surface area contributed by atoms with Crippen LogP contribution < -0.4 is 20.9 Å². The minimum Gasteiger partial charge on any atom is -0.481 e. The summed E-state index contributed by atoms with van der Waals surface area (Å²) < 4.78 is 60.1. The van der Waals surface area contributed by atoms with Gasteiger partial charge in [-0.3, -0.25) is 19.2 Å². The van der Waals surface area contributed by atoms with Gasteiger partial charge in [-0.15, -0.1) is 0 Å². The van der Waals surface area contributed by atoms with Gasteiger partial charge in [0.1, 0.15) is 24.4 Å². The smallest absolute Gasteiger partial charge is 0.321 e. The molecule has 2 atom stereocenters. The van der Waals surface area contributed by atoms with Crippen molar-refractivity contribution < 1.29 is 46.6 Å². The maximum atomic E-state index is 13.8. The van der Waals surface area contributed by atoms with Crippen LogP contribution in [0.5, 0.6) is 5.75 Å². The van der Waals surface area contributed by atoms with E-state index in [1.54, 1.807) is 0 Å². The van der Waals surface area contributed by atoms with Gasteiger partial charge < -0.3 is 29.9 Å². The van der Waals surface area contributed by atoms with Gasteiger partial charge in [0, 0.05) is 25.4 Å². The Bertz CT molecular complexity index is 1340. The number of pyridine rings is 1. The van der Waals surface area contributed by atoms with E-state index in [4.69, 9.17) is 0 Å². The number of likely N-dealkylation sites (tertiary alicyclic amines) is 1. The van der Waals surface area contributed by atoms with Gasteiger partial charge in [0.25, 0.3) is 5.56 Å². The van der Waals surface area contributed by atoms with E-state index in [1.807, 2.05) is 0 Å².